The van der Waals surface area contributed by atoms with Crippen molar-refractivity contribution in [2.24, 2.45) is 0 Å². The molecular weight excluding hydrogens is 216 g/mol. The largest absolute Gasteiger partial charge is 0.391 e. The Balaban J connectivity index is 2.02. The van der Waals surface area contributed by atoms with Crippen LogP contribution in [0.25, 0.3) is 0 Å². The van der Waals surface area contributed by atoms with Gasteiger partial charge in [-0.3, -0.25) is 4.79 Å². The minimum Gasteiger partial charge on any atom is -0.391 e. The molecule has 90 valence electrons. The van der Waals surface area contributed by atoms with Crippen molar-refractivity contribution >= 4 is 17.3 Å². The number of rotatable bonds is 3. The lowest BCUT2D eigenvalue weighted by molar-refractivity contribution is -0.111. The number of amides is 1. The molecule has 1 aromatic rings. The number of nitrogens with zero attached hydrogens (tertiary/aromatic N) is 1. The van der Waals surface area contributed by atoms with E-state index in [4.69, 9.17) is 0 Å². The molecule has 0 unspecified atom stereocenters. The monoisotopic (exact) mass is 232 g/mol. The number of aliphatic hydroxyl groups excluding tert-OH is 1. The molecule has 0 bridgehead atoms. The maximum absolute atomic E-state index is 11.1. The van der Waals surface area contributed by atoms with E-state index in [1.165, 1.54) is 6.08 Å². The first-order chi connectivity index (χ1) is 8.19. The van der Waals surface area contributed by atoms with Crippen LogP contribution in [0.15, 0.2) is 36.9 Å². The van der Waals surface area contributed by atoms with Gasteiger partial charge in [-0.2, -0.15) is 0 Å². The molecule has 1 aliphatic rings. The Hall–Kier alpha value is -1.81. The standard InChI is InChI=1S/C13H16N2O2/c1-2-13(17)14-10-3-5-11(6-4-10)15-8-7-12(16)9-15/h2-6,12,16H,1,7-9H2,(H,14,17)/t12-/m0/s1. The van der Waals surface area contributed by atoms with Crippen LogP contribution in [-0.4, -0.2) is 30.2 Å². The van der Waals surface area contributed by atoms with Crippen molar-refractivity contribution in [1.29, 1.82) is 0 Å². The highest BCUT2D eigenvalue weighted by Gasteiger charge is 2.19. The summed E-state index contributed by atoms with van der Waals surface area (Å²) in [7, 11) is 0. The minimum absolute atomic E-state index is 0.214. The van der Waals surface area contributed by atoms with E-state index >= 15 is 0 Å². The molecule has 0 aliphatic carbocycles. The van der Waals surface area contributed by atoms with Crippen LogP contribution in [0.2, 0.25) is 0 Å². The van der Waals surface area contributed by atoms with Crippen LogP contribution in [0, 0.1) is 0 Å². The second-order valence-corrected chi connectivity index (χ2v) is 4.13. The summed E-state index contributed by atoms with van der Waals surface area (Å²) in [6.45, 7) is 4.95. The highest BCUT2D eigenvalue weighted by molar-refractivity contribution is 5.98. The number of aliphatic hydroxyl groups is 1. The summed E-state index contributed by atoms with van der Waals surface area (Å²) in [6, 6.07) is 7.58. The molecule has 0 spiro atoms. The Morgan fingerprint density at radius 1 is 1.47 bits per heavy atom. The quantitative estimate of drug-likeness (QED) is 0.774. The summed E-state index contributed by atoms with van der Waals surface area (Å²) in [5.74, 6) is -0.214. The molecule has 1 amide bonds. The smallest absolute Gasteiger partial charge is 0.247 e. The van der Waals surface area contributed by atoms with Crippen molar-refractivity contribution < 1.29 is 9.90 Å². The third-order valence-electron chi connectivity index (χ3n) is 2.85. The highest BCUT2D eigenvalue weighted by atomic mass is 16.3. The van der Waals surface area contributed by atoms with Gasteiger partial charge in [-0.05, 0) is 36.8 Å². The molecule has 1 saturated heterocycles. The van der Waals surface area contributed by atoms with Crippen LogP contribution in [0.3, 0.4) is 0 Å². The summed E-state index contributed by atoms with van der Waals surface area (Å²) >= 11 is 0. The Labute approximate surface area is 101 Å². The van der Waals surface area contributed by atoms with Crippen molar-refractivity contribution in [1.82, 2.24) is 0 Å². The van der Waals surface area contributed by atoms with Gasteiger partial charge in [0.15, 0.2) is 0 Å². The van der Waals surface area contributed by atoms with E-state index in [2.05, 4.69) is 16.8 Å². The summed E-state index contributed by atoms with van der Waals surface area (Å²) in [6.07, 6.45) is 1.83. The van der Waals surface area contributed by atoms with Gasteiger partial charge in [0.1, 0.15) is 0 Å². The third kappa shape index (κ3) is 2.85. The number of hydrogen-bond acceptors (Lipinski definition) is 3. The van der Waals surface area contributed by atoms with Crippen LogP contribution >= 0.6 is 0 Å². The van der Waals surface area contributed by atoms with E-state index in [-0.39, 0.29) is 12.0 Å². The van der Waals surface area contributed by atoms with Crippen LogP contribution in [0.5, 0.6) is 0 Å². The molecule has 1 heterocycles. The molecule has 1 fully saturated rings. The van der Waals surface area contributed by atoms with Gasteiger partial charge in [0, 0.05) is 24.5 Å². The zero-order valence-electron chi connectivity index (χ0n) is 9.60. The first-order valence-corrected chi connectivity index (χ1v) is 5.65. The molecule has 1 atom stereocenters. The second kappa shape index (κ2) is 5.01. The zero-order valence-corrected chi connectivity index (χ0v) is 9.60. The van der Waals surface area contributed by atoms with Gasteiger partial charge in [0.2, 0.25) is 5.91 Å². The molecule has 1 aliphatic heterocycles. The molecule has 4 nitrogen and oxygen atoms in total. The van der Waals surface area contributed by atoms with Crippen LogP contribution < -0.4 is 10.2 Å². The topological polar surface area (TPSA) is 52.6 Å². The lowest BCUT2D eigenvalue weighted by Gasteiger charge is -2.18. The second-order valence-electron chi connectivity index (χ2n) is 4.13. The van der Waals surface area contributed by atoms with Gasteiger partial charge < -0.3 is 15.3 Å². The third-order valence-corrected chi connectivity index (χ3v) is 2.85. The molecule has 0 aromatic heterocycles. The van der Waals surface area contributed by atoms with Crippen LogP contribution in [0.1, 0.15) is 6.42 Å². The molecule has 2 rings (SSSR count). The lowest BCUT2D eigenvalue weighted by atomic mass is 10.2. The Kier molecular flexibility index (Phi) is 3.44. The fourth-order valence-electron chi connectivity index (χ4n) is 1.93. The number of hydrogen-bond donors (Lipinski definition) is 2. The van der Waals surface area contributed by atoms with Gasteiger partial charge >= 0.3 is 0 Å². The van der Waals surface area contributed by atoms with E-state index < -0.39 is 0 Å². The molecule has 0 saturated carbocycles. The van der Waals surface area contributed by atoms with E-state index in [0.29, 0.717) is 6.54 Å². The number of carbonyl (C=O) groups excluding carboxylic acids is 1. The number of carbonyl (C=O) groups is 1. The van der Waals surface area contributed by atoms with Crippen LogP contribution in [-0.2, 0) is 4.79 Å². The van der Waals surface area contributed by atoms with Gasteiger partial charge in [0.25, 0.3) is 0 Å². The average molecular weight is 232 g/mol. The minimum atomic E-state index is -0.227. The Morgan fingerprint density at radius 2 is 2.18 bits per heavy atom. The maximum atomic E-state index is 11.1. The van der Waals surface area contributed by atoms with Crippen molar-refractivity contribution in [2.75, 3.05) is 23.3 Å². The summed E-state index contributed by atoms with van der Waals surface area (Å²) in [5.41, 5.74) is 1.82. The zero-order chi connectivity index (χ0) is 12.3. The number of benzene rings is 1. The van der Waals surface area contributed by atoms with E-state index in [1.54, 1.807) is 0 Å². The fraction of sp³-hybridized carbons (Fsp3) is 0.308. The van der Waals surface area contributed by atoms with Crippen molar-refractivity contribution in [2.45, 2.75) is 12.5 Å². The molecular formula is C13H16N2O2. The van der Waals surface area contributed by atoms with Crippen LogP contribution in [0.4, 0.5) is 11.4 Å². The van der Waals surface area contributed by atoms with Gasteiger partial charge in [-0.25, -0.2) is 0 Å². The molecule has 2 N–H and O–H groups in total. The molecule has 1 aromatic carbocycles. The van der Waals surface area contributed by atoms with E-state index in [0.717, 1.165) is 24.3 Å². The van der Waals surface area contributed by atoms with Crippen molar-refractivity contribution in [3.63, 3.8) is 0 Å². The SMILES string of the molecule is C=CC(=O)Nc1ccc(N2CC[C@H](O)C2)cc1. The van der Waals surface area contributed by atoms with Gasteiger partial charge in [-0.15, -0.1) is 0 Å². The number of nitrogens with one attached hydrogen (secondary N) is 1. The first-order valence-electron chi connectivity index (χ1n) is 5.65. The highest BCUT2D eigenvalue weighted by Crippen LogP contribution is 2.22. The average Bonchev–Trinajstić information content (AvgIpc) is 2.77. The predicted octanol–water partition coefficient (Wildman–Crippen LogP) is 1.38. The summed E-state index contributed by atoms with van der Waals surface area (Å²) in [5, 5.41) is 12.1. The number of β-amino-alcohol motifs (C(OH)–C–C–N with tert-alkyl or cyclic N) is 1. The molecule has 0 radical (unpaired) electrons. The summed E-state index contributed by atoms with van der Waals surface area (Å²) in [4.78, 5) is 13.2. The van der Waals surface area contributed by atoms with E-state index in [1.807, 2.05) is 24.3 Å². The lowest BCUT2D eigenvalue weighted by Crippen LogP contribution is -2.21. The van der Waals surface area contributed by atoms with E-state index in [9.17, 15) is 9.90 Å². The number of anilines is 2. The first kappa shape index (κ1) is 11.7. The molecule has 4 heteroatoms. The Bertz CT molecular complexity index is 414. The molecule has 17 heavy (non-hydrogen) atoms. The summed E-state index contributed by atoms with van der Waals surface area (Å²) < 4.78 is 0. The van der Waals surface area contributed by atoms with Gasteiger partial charge in [0.05, 0.1) is 6.10 Å². The van der Waals surface area contributed by atoms with Crippen molar-refractivity contribution in [3.05, 3.63) is 36.9 Å². The maximum Gasteiger partial charge on any atom is 0.247 e. The van der Waals surface area contributed by atoms with Gasteiger partial charge in [-0.1, -0.05) is 6.58 Å². The van der Waals surface area contributed by atoms with Crippen molar-refractivity contribution in [3.8, 4) is 0 Å². The Morgan fingerprint density at radius 3 is 2.71 bits per heavy atom. The fourth-order valence-corrected chi connectivity index (χ4v) is 1.93. The predicted molar refractivity (Wildman–Crippen MR) is 68.1 cm³/mol. The normalized spacial score (nSPS) is 19.1.